The third-order valence-corrected chi connectivity index (χ3v) is 3.72. The van der Waals surface area contributed by atoms with Gasteiger partial charge in [0.25, 0.3) is 5.88 Å². The van der Waals surface area contributed by atoms with Crippen molar-refractivity contribution in [1.82, 2.24) is 4.98 Å². The first-order chi connectivity index (χ1) is 11.2. The van der Waals surface area contributed by atoms with Crippen LogP contribution >= 0.6 is 15.9 Å². The zero-order valence-corrected chi connectivity index (χ0v) is 13.8. The van der Waals surface area contributed by atoms with Crippen LogP contribution in [0.2, 0.25) is 0 Å². The van der Waals surface area contributed by atoms with E-state index in [1.807, 2.05) is 54.6 Å². The van der Waals surface area contributed by atoms with Crippen LogP contribution in [0.1, 0.15) is 10.4 Å². The predicted octanol–water partition coefficient (Wildman–Crippen LogP) is 3.81. The van der Waals surface area contributed by atoms with Crippen molar-refractivity contribution in [2.75, 3.05) is 0 Å². The van der Waals surface area contributed by atoms with E-state index >= 15 is 0 Å². The number of Topliss-reactive ketones (excluding diaryl/α,β-unsaturated/α-hetero) is 1. The van der Waals surface area contributed by atoms with Crippen molar-refractivity contribution in [3.63, 3.8) is 0 Å². The Balaban J connectivity index is 1.72. The fourth-order valence-corrected chi connectivity index (χ4v) is 2.33. The van der Waals surface area contributed by atoms with Gasteiger partial charge in [0.1, 0.15) is 5.75 Å². The summed E-state index contributed by atoms with van der Waals surface area (Å²) in [7, 11) is 0. The number of carbonyl (C=O) groups excluding carboxylic acids is 1. The van der Waals surface area contributed by atoms with Gasteiger partial charge >= 0.3 is 0 Å². The van der Waals surface area contributed by atoms with E-state index in [-0.39, 0.29) is 12.3 Å². The molecule has 0 radical (unpaired) electrons. The quantitative estimate of drug-likeness (QED) is 0.507. The third-order valence-electron chi connectivity index (χ3n) is 3.19. The molecular weight excluding hydrogens is 356 g/mol. The minimum absolute atomic E-state index is 0.0383. The van der Waals surface area contributed by atoms with Crippen LogP contribution in [-0.4, -0.2) is 10.8 Å². The van der Waals surface area contributed by atoms with Gasteiger partial charge in [-0.05, 0) is 24.3 Å². The number of nitrogens with zero attached hydrogens (tertiary/aromatic N) is 2. The second kappa shape index (κ2) is 7.15. The first kappa shape index (κ1) is 15.4. The second-order valence-corrected chi connectivity index (χ2v) is 5.83. The van der Waals surface area contributed by atoms with Crippen molar-refractivity contribution in [2.24, 2.45) is 0 Å². The van der Waals surface area contributed by atoms with Gasteiger partial charge in [0.05, 0.1) is 6.20 Å². The molecular formula is C18H14BrN2O2+. The van der Waals surface area contributed by atoms with Crippen molar-refractivity contribution in [2.45, 2.75) is 6.54 Å². The fourth-order valence-electron chi connectivity index (χ4n) is 2.07. The summed E-state index contributed by atoms with van der Waals surface area (Å²) in [6.45, 7) is 0.239. The van der Waals surface area contributed by atoms with Crippen molar-refractivity contribution in [3.05, 3.63) is 83.2 Å². The van der Waals surface area contributed by atoms with E-state index < -0.39 is 0 Å². The Labute approximate surface area is 142 Å². The Bertz CT molecular complexity index is 805. The average molecular weight is 370 g/mol. The molecule has 0 aliphatic heterocycles. The molecule has 0 atom stereocenters. The van der Waals surface area contributed by atoms with E-state index in [1.165, 1.54) is 0 Å². The van der Waals surface area contributed by atoms with Crippen molar-refractivity contribution < 1.29 is 14.1 Å². The number of ether oxygens (including phenoxy) is 1. The largest absolute Gasteiger partial charge is 0.434 e. The molecule has 0 aliphatic rings. The summed E-state index contributed by atoms with van der Waals surface area (Å²) in [4.78, 5) is 16.4. The van der Waals surface area contributed by atoms with Gasteiger partial charge in [0.15, 0.2) is 6.20 Å². The van der Waals surface area contributed by atoms with Gasteiger partial charge in [0, 0.05) is 10.0 Å². The number of halogens is 1. The number of carbonyl (C=O) groups is 1. The molecule has 0 bridgehead atoms. The molecule has 23 heavy (non-hydrogen) atoms. The molecule has 0 aliphatic carbocycles. The van der Waals surface area contributed by atoms with Gasteiger partial charge in [-0.15, -0.1) is 0 Å². The zero-order valence-electron chi connectivity index (χ0n) is 12.2. The van der Waals surface area contributed by atoms with E-state index in [1.54, 1.807) is 23.2 Å². The van der Waals surface area contributed by atoms with E-state index in [2.05, 4.69) is 20.9 Å². The van der Waals surface area contributed by atoms with Gasteiger partial charge in [-0.3, -0.25) is 4.79 Å². The summed E-state index contributed by atoms with van der Waals surface area (Å²) in [5.74, 6) is 1.17. The molecule has 0 amide bonds. The van der Waals surface area contributed by atoms with Crippen LogP contribution in [0.15, 0.2) is 77.7 Å². The summed E-state index contributed by atoms with van der Waals surface area (Å²) in [5.41, 5.74) is 0.687. The molecule has 114 valence electrons. The number of benzene rings is 2. The Morgan fingerprint density at radius 3 is 2.57 bits per heavy atom. The maximum absolute atomic E-state index is 12.2. The molecule has 0 N–H and O–H groups in total. The summed E-state index contributed by atoms with van der Waals surface area (Å²) in [6.07, 6.45) is 5.07. The first-order valence-corrected chi connectivity index (χ1v) is 7.87. The predicted molar refractivity (Wildman–Crippen MR) is 89.4 cm³/mol. The number of rotatable bonds is 5. The maximum atomic E-state index is 12.2. The molecule has 0 saturated heterocycles. The van der Waals surface area contributed by atoms with E-state index in [0.29, 0.717) is 17.2 Å². The molecule has 4 nitrogen and oxygen atoms in total. The second-order valence-electron chi connectivity index (χ2n) is 4.91. The van der Waals surface area contributed by atoms with Crippen LogP contribution in [0.4, 0.5) is 0 Å². The lowest BCUT2D eigenvalue weighted by Crippen LogP contribution is -2.37. The molecule has 3 rings (SSSR count). The molecule has 0 fully saturated rings. The smallest absolute Gasteiger partial charge is 0.285 e. The fraction of sp³-hybridized carbons (Fsp3) is 0.0556. The summed E-state index contributed by atoms with van der Waals surface area (Å²) in [5, 5.41) is 0. The van der Waals surface area contributed by atoms with Crippen LogP contribution in [0, 0.1) is 0 Å². The van der Waals surface area contributed by atoms with Crippen molar-refractivity contribution >= 4 is 21.7 Å². The normalized spacial score (nSPS) is 10.3. The van der Waals surface area contributed by atoms with Gasteiger partial charge in [-0.2, -0.15) is 4.57 Å². The van der Waals surface area contributed by atoms with E-state index in [4.69, 9.17) is 4.74 Å². The number of hydrogen-bond donors (Lipinski definition) is 0. The number of ketones is 1. The van der Waals surface area contributed by atoms with Crippen LogP contribution in [-0.2, 0) is 6.54 Å². The van der Waals surface area contributed by atoms with Gasteiger partial charge in [-0.1, -0.05) is 46.3 Å². The number of hydrogen-bond acceptors (Lipinski definition) is 3. The molecule has 1 aromatic heterocycles. The lowest BCUT2D eigenvalue weighted by Gasteiger charge is -2.03. The van der Waals surface area contributed by atoms with E-state index in [0.717, 1.165) is 4.47 Å². The average Bonchev–Trinajstić information content (AvgIpc) is 2.58. The number of aromatic nitrogens is 2. The standard InChI is InChI=1S/C18H14BrN2O2/c19-15-6-8-16(9-7-15)23-18-13-21(11-10-20-18)12-17(22)14-4-2-1-3-5-14/h1-11,13H,12H2/q+1. The van der Waals surface area contributed by atoms with Crippen molar-refractivity contribution in [1.29, 1.82) is 0 Å². The highest BCUT2D eigenvalue weighted by Gasteiger charge is 2.13. The highest BCUT2D eigenvalue weighted by molar-refractivity contribution is 9.10. The summed E-state index contributed by atoms with van der Waals surface area (Å²) in [6, 6.07) is 16.7. The lowest BCUT2D eigenvalue weighted by molar-refractivity contribution is -0.683. The molecule has 0 saturated carbocycles. The topological polar surface area (TPSA) is 43.1 Å². The third kappa shape index (κ3) is 4.23. The minimum atomic E-state index is 0.0383. The van der Waals surface area contributed by atoms with Gasteiger partial charge in [0.2, 0.25) is 18.5 Å². The Morgan fingerprint density at radius 1 is 1.09 bits per heavy atom. The summed E-state index contributed by atoms with van der Waals surface area (Å²) >= 11 is 3.38. The van der Waals surface area contributed by atoms with Crippen LogP contribution in [0.25, 0.3) is 0 Å². The van der Waals surface area contributed by atoms with Gasteiger partial charge < -0.3 is 4.74 Å². The van der Waals surface area contributed by atoms with Crippen LogP contribution in [0.5, 0.6) is 11.6 Å². The Hall–Kier alpha value is -2.53. The summed E-state index contributed by atoms with van der Waals surface area (Å²) < 4.78 is 8.44. The zero-order chi connectivity index (χ0) is 16.1. The molecule has 0 spiro atoms. The lowest BCUT2D eigenvalue weighted by atomic mass is 10.1. The molecule has 0 unspecified atom stereocenters. The molecule has 5 heteroatoms. The van der Waals surface area contributed by atoms with Gasteiger partial charge in [-0.25, -0.2) is 4.98 Å². The SMILES string of the molecule is O=C(C[n+]1ccnc(Oc2ccc(Br)cc2)c1)c1ccccc1. The maximum Gasteiger partial charge on any atom is 0.285 e. The van der Waals surface area contributed by atoms with E-state index in [9.17, 15) is 4.79 Å². The molecule has 3 aromatic rings. The van der Waals surface area contributed by atoms with Crippen molar-refractivity contribution in [3.8, 4) is 11.6 Å². The van der Waals surface area contributed by atoms with Crippen LogP contribution < -0.4 is 9.30 Å². The van der Waals surface area contributed by atoms with Crippen LogP contribution in [0.3, 0.4) is 0 Å². The molecule has 2 aromatic carbocycles. The highest BCUT2D eigenvalue weighted by Crippen LogP contribution is 2.20. The molecule has 1 heterocycles. The highest BCUT2D eigenvalue weighted by atomic mass is 79.9. The minimum Gasteiger partial charge on any atom is -0.434 e. The Kier molecular flexibility index (Phi) is 4.78. The monoisotopic (exact) mass is 369 g/mol. The Morgan fingerprint density at radius 2 is 1.83 bits per heavy atom. The first-order valence-electron chi connectivity index (χ1n) is 7.07.